The molecule has 0 radical (unpaired) electrons. The number of rotatable bonds is 31. The van der Waals surface area contributed by atoms with Crippen LogP contribution in [0.5, 0.6) is 5.75 Å². The van der Waals surface area contributed by atoms with Gasteiger partial charge < -0.3 is 40.2 Å². The number of hydrogen-bond donors (Lipinski definition) is 4. The first kappa shape index (κ1) is 52.8. The molecule has 1 aromatic rings. The highest BCUT2D eigenvalue weighted by atomic mass is 33.1. The maximum atomic E-state index is 12.3. The largest absolute Gasteiger partial charge is 0.491 e. The van der Waals surface area contributed by atoms with E-state index in [1.54, 1.807) is 45.9 Å². The van der Waals surface area contributed by atoms with Crippen LogP contribution in [0.4, 0.5) is 0 Å². The van der Waals surface area contributed by atoms with Crippen molar-refractivity contribution in [3.05, 3.63) is 64.6 Å². The molecule has 0 aliphatic heterocycles. The van der Waals surface area contributed by atoms with Crippen molar-refractivity contribution in [1.82, 2.24) is 21.3 Å². The molecule has 4 N–H and O–H groups in total. The first-order valence-electron chi connectivity index (χ1n) is 19.5. The van der Waals surface area contributed by atoms with Crippen molar-refractivity contribution in [3.63, 3.8) is 0 Å². The van der Waals surface area contributed by atoms with E-state index in [0.29, 0.717) is 73.7 Å². The van der Waals surface area contributed by atoms with Crippen LogP contribution < -0.4 is 26.0 Å². The van der Waals surface area contributed by atoms with E-state index in [4.69, 9.17) is 24.5 Å². The second kappa shape index (κ2) is 36.1. The topological polar surface area (TPSA) is 185 Å². The monoisotopic (exact) mass is 823 g/mol. The first-order chi connectivity index (χ1) is 26.8. The third-order valence-corrected chi connectivity index (χ3v) is 8.87. The van der Waals surface area contributed by atoms with Gasteiger partial charge in [-0.25, -0.2) is 0 Å². The summed E-state index contributed by atoms with van der Waals surface area (Å²) in [7, 11) is 3.45. The molecular formula is C40H69N7O7S2. The predicted molar refractivity (Wildman–Crippen MR) is 230 cm³/mol. The standard InChI is InChI=1S/C25H39N5O5.C15H30N2O2S2/c1-19(2)8-6-12-27-23(31)17-33-14-15-34-24(29-30-26)18-35-22-11-5-10-21(16-22)25(32)28-13-7-9-20(3)4;1-13(2)7-5-9-16-15(18)8-6-10-19-12-21-20-11-17-14(3)4/h5-6,8,10-11,16,19-20,24H,7,9,12-15,17-18H2,1-4H3,(H,27,31)(H,28,32);5,7,13-14,17H,6,8-12H2,1-4H3,(H,16,18)/b8-6+;7-5+. The molecule has 0 saturated heterocycles. The van der Waals surface area contributed by atoms with Crippen LogP contribution in [0, 0.1) is 17.8 Å². The van der Waals surface area contributed by atoms with Gasteiger partial charge >= 0.3 is 0 Å². The third-order valence-electron chi connectivity index (χ3n) is 7.02. The van der Waals surface area contributed by atoms with Crippen molar-refractivity contribution < 1.29 is 33.3 Å². The SMILES string of the molecule is CC(C)/C=C/CNC(=O)CCCOCSSCNC(C)C.CC(C)/C=C/CNC(=O)COCCOC(COc1cccc(C(=O)NCCCC(C)C)c1)N=[N+]=[N-]. The summed E-state index contributed by atoms with van der Waals surface area (Å²) >= 11 is 0. The minimum Gasteiger partial charge on any atom is -0.491 e. The first-order valence-corrected chi connectivity index (χ1v) is 22.0. The number of allylic oxidation sites excluding steroid dienone is 2. The van der Waals surface area contributed by atoms with Crippen molar-refractivity contribution in [3.8, 4) is 5.75 Å². The van der Waals surface area contributed by atoms with Crippen LogP contribution in [-0.4, -0.2) is 94.5 Å². The van der Waals surface area contributed by atoms with Gasteiger partial charge in [-0.05, 0) is 60.7 Å². The number of hydrogen-bond acceptors (Lipinski definition) is 11. The minimum atomic E-state index is -0.882. The van der Waals surface area contributed by atoms with Gasteiger partial charge in [0.05, 0.1) is 19.1 Å². The van der Waals surface area contributed by atoms with Gasteiger partial charge in [0.25, 0.3) is 5.91 Å². The normalized spacial score (nSPS) is 11.9. The Balaban J connectivity index is 0.00000123. The molecule has 0 heterocycles. The molecule has 56 heavy (non-hydrogen) atoms. The lowest BCUT2D eigenvalue weighted by Gasteiger charge is -2.14. The number of nitrogens with one attached hydrogen (secondary N) is 4. The van der Waals surface area contributed by atoms with E-state index in [1.807, 2.05) is 18.2 Å². The third kappa shape index (κ3) is 35.2. The average molecular weight is 824 g/mol. The Bertz CT molecular complexity index is 1290. The zero-order valence-corrected chi connectivity index (χ0v) is 36.6. The summed E-state index contributed by atoms with van der Waals surface area (Å²) < 4.78 is 21.9. The Morgan fingerprint density at radius 3 is 2.20 bits per heavy atom. The van der Waals surface area contributed by atoms with Crippen LogP contribution in [0.3, 0.4) is 0 Å². The van der Waals surface area contributed by atoms with Crippen LogP contribution >= 0.6 is 21.6 Å². The molecule has 16 heteroatoms. The van der Waals surface area contributed by atoms with Gasteiger partial charge in [-0.2, -0.15) is 0 Å². The highest BCUT2D eigenvalue weighted by Crippen LogP contribution is 2.19. The molecule has 1 aromatic carbocycles. The summed E-state index contributed by atoms with van der Waals surface area (Å²) in [6.45, 7) is 19.4. The quantitative estimate of drug-likeness (QED) is 0.0110. The van der Waals surface area contributed by atoms with Gasteiger partial charge in [0.15, 0.2) is 6.23 Å². The molecular weight excluding hydrogens is 755 g/mol. The van der Waals surface area contributed by atoms with E-state index in [1.165, 1.54) is 0 Å². The fourth-order valence-corrected chi connectivity index (χ4v) is 5.76. The number of nitrogens with zero attached hydrogens (tertiary/aromatic N) is 3. The summed E-state index contributed by atoms with van der Waals surface area (Å²) in [4.78, 5) is 38.3. The Kier molecular flexibility index (Phi) is 34.0. The number of azide groups is 1. The van der Waals surface area contributed by atoms with E-state index < -0.39 is 6.23 Å². The number of benzene rings is 1. The molecule has 0 aliphatic rings. The lowest BCUT2D eigenvalue weighted by Crippen LogP contribution is -2.28. The Hall–Kier alpha value is -3.24. The van der Waals surface area contributed by atoms with Gasteiger partial charge in [0, 0.05) is 49.2 Å². The molecule has 1 rings (SSSR count). The van der Waals surface area contributed by atoms with Crippen molar-refractivity contribution >= 4 is 39.3 Å². The van der Waals surface area contributed by atoms with Crippen molar-refractivity contribution in [1.29, 1.82) is 0 Å². The molecule has 318 valence electrons. The van der Waals surface area contributed by atoms with E-state index in [-0.39, 0.29) is 44.1 Å². The number of amides is 3. The molecule has 1 atom stereocenters. The van der Waals surface area contributed by atoms with E-state index in [2.05, 4.69) is 92.8 Å². The maximum Gasteiger partial charge on any atom is 0.251 e. The number of carbonyl (C=O) groups is 3. The number of ether oxygens (including phenoxy) is 4. The predicted octanol–water partition coefficient (Wildman–Crippen LogP) is 7.64. The van der Waals surface area contributed by atoms with Crippen molar-refractivity contribution in [2.24, 2.45) is 22.9 Å². The van der Waals surface area contributed by atoms with E-state index in [0.717, 1.165) is 25.1 Å². The van der Waals surface area contributed by atoms with Gasteiger partial charge in [0.2, 0.25) is 11.8 Å². The molecule has 0 aliphatic carbocycles. The molecule has 0 spiro atoms. The number of carbonyl (C=O) groups excluding carboxylic acids is 3. The highest BCUT2D eigenvalue weighted by Gasteiger charge is 2.11. The van der Waals surface area contributed by atoms with E-state index in [9.17, 15) is 14.4 Å². The van der Waals surface area contributed by atoms with Crippen LogP contribution in [0.15, 0.2) is 53.7 Å². The van der Waals surface area contributed by atoms with Gasteiger partial charge in [-0.1, -0.05) is 112 Å². The van der Waals surface area contributed by atoms with Crippen LogP contribution in [0.2, 0.25) is 0 Å². The zero-order chi connectivity index (χ0) is 41.8. The Morgan fingerprint density at radius 1 is 0.857 bits per heavy atom. The van der Waals surface area contributed by atoms with Gasteiger partial charge in [-0.3, -0.25) is 14.4 Å². The van der Waals surface area contributed by atoms with Gasteiger partial charge in [0.1, 0.15) is 24.9 Å². The maximum absolute atomic E-state index is 12.3. The Morgan fingerprint density at radius 2 is 1.55 bits per heavy atom. The van der Waals surface area contributed by atoms with Crippen molar-refractivity contribution in [2.75, 3.05) is 64.5 Å². The fraction of sp³-hybridized carbons (Fsp3) is 0.675. The lowest BCUT2D eigenvalue weighted by molar-refractivity contribution is -0.126. The fourth-order valence-electron chi connectivity index (χ4n) is 4.16. The summed E-state index contributed by atoms with van der Waals surface area (Å²) in [5.74, 6) is 3.32. The van der Waals surface area contributed by atoms with Crippen molar-refractivity contribution in [2.45, 2.75) is 93.3 Å². The van der Waals surface area contributed by atoms with Gasteiger partial charge in [-0.15, -0.1) is 0 Å². The second-order valence-corrected chi connectivity index (χ2v) is 16.4. The zero-order valence-electron chi connectivity index (χ0n) is 34.9. The average Bonchev–Trinajstić information content (AvgIpc) is 3.15. The summed E-state index contributed by atoms with van der Waals surface area (Å²) in [6.07, 6.45) is 10.4. The molecule has 0 aromatic heterocycles. The highest BCUT2D eigenvalue weighted by molar-refractivity contribution is 8.76. The summed E-state index contributed by atoms with van der Waals surface area (Å²) in [5.41, 5.74) is 9.27. The lowest BCUT2D eigenvalue weighted by atomic mass is 10.1. The van der Waals surface area contributed by atoms with Crippen LogP contribution in [0.1, 0.15) is 91.4 Å². The van der Waals surface area contributed by atoms with Crippen LogP contribution in [0.25, 0.3) is 10.4 Å². The smallest absolute Gasteiger partial charge is 0.251 e. The van der Waals surface area contributed by atoms with E-state index >= 15 is 0 Å². The molecule has 3 amide bonds. The molecule has 0 saturated carbocycles. The summed E-state index contributed by atoms with van der Waals surface area (Å²) in [5, 5.41) is 15.4. The molecule has 1 unspecified atom stereocenters. The Labute approximate surface area is 343 Å². The molecule has 14 nitrogen and oxygen atoms in total. The summed E-state index contributed by atoms with van der Waals surface area (Å²) in [6, 6.07) is 7.29. The second-order valence-electron chi connectivity index (χ2n) is 14.0. The minimum absolute atomic E-state index is 0.0355. The molecule has 0 fully saturated rings. The van der Waals surface area contributed by atoms with Crippen LogP contribution in [-0.2, 0) is 23.8 Å². The molecule has 0 bridgehead atoms.